The van der Waals surface area contributed by atoms with Crippen LogP contribution in [0.25, 0.3) is 0 Å². The monoisotopic (exact) mass is 254 g/mol. The number of halogens is 1. The van der Waals surface area contributed by atoms with Crippen molar-refractivity contribution in [3.05, 3.63) is 23.5 Å². The molecule has 1 rings (SSSR count). The Kier molecular flexibility index (Phi) is 3.45. The van der Waals surface area contributed by atoms with Crippen molar-refractivity contribution in [2.75, 3.05) is 11.1 Å². The Bertz CT molecular complexity index is 514. The number of carbonyl (C=O) groups is 2. The Labute approximate surface area is 103 Å². The van der Waals surface area contributed by atoms with Crippen molar-refractivity contribution < 1.29 is 14.0 Å². The zero-order valence-corrected chi connectivity index (χ0v) is 10.1. The van der Waals surface area contributed by atoms with Crippen LogP contribution < -0.4 is 22.5 Å². The first kappa shape index (κ1) is 13.8. The van der Waals surface area contributed by atoms with Gasteiger partial charge in [-0.2, -0.15) is 0 Å². The fraction of sp³-hybridized carbons (Fsp3) is 0.273. The summed E-state index contributed by atoms with van der Waals surface area (Å²) in [5, 5.41) is 2.60. The van der Waals surface area contributed by atoms with E-state index in [1.807, 2.05) is 0 Å². The molecule has 0 saturated heterocycles. The number of rotatable bonds is 4. The summed E-state index contributed by atoms with van der Waals surface area (Å²) in [5.41, 5.74) is 14.4. The minimum atomic E-state index is -1.17. The zero-order chi connectivity index (χ0) is 14.1. The van der Waals surface area contributed by atoms with Crippen LogP contribution >= 0.6 is 0 Å². The predicted octanol–water partition coefficient (Wildman–Crippen LogP) is 0.183. The summed E-state index contributed by atoms with van der Waals surface area (Å²) in [6.45, 7) is 2.96. The molecule has 0 atom stereocenters. The van der Waals surface area contributed by atoms with Crippen LogP contribution in [0.2, 0.25) is 0 Å². The molecular weight excluding hydrogens is 239 g/mol. The molecule has 0 aliphatic rings. The van der Waals surface area contributed by atoms with Gasteiger partial charge in [0.15, 0.2) is 0 Å². The SMILES string of the molecule is CC(C)(Nc1cc(C(N)=O)c(N)cc1F)C(N)=O. The Morgan fingerprint density at radius 2 is 1.83 bits per heavy atom. The first-order chi connectivity index (χ1) is 8.15. The van der Waals surface area contributed by atoms with Gasteiger partial charge in [0, 0.05) is 5.69 Å². The summed E-state index contributed by atoms with van der Waals surface area (Å²) < 4.78 is 13.6. The molecule has 0 saturated carbocycles. The Hall–Kier alpha value is -2.31. The summed E-state index contributed by atoms with van der Waals surface area (Å²) in [7, 11) is 0. The van der Waals surface area contributed by atoms with Crippen LogP contribution in [0.1, 0.15) is 24.2 Å². The van der Waals surface area contributed by atoms with E-state index in [4.69, 9.17) is 17.2 Å². The molecule has 0 aromatic heterocycles. The molecule has 1 aromatic carbocycles. The molecule has 0 fully saturated rings. The third-order valence-electron chi connectivity index (χ3n) is 2.47. The van der Waals surface area contributed by atoms with E-state index in [0.717, 1.165) is 12.1 Å². The highest BCUT2D eigenvalue weighted by Crippen LogP contribution is 2.24. The first-order valence-corrected chi connectivity index (χ1v) is 5.12. The summed E-state index contributed by atoms with van der Waals surface area (Å²) in [4.78, 5) is 22.2. The number of nitrogen functional groups attached to an aromatic ring is 1. The molecular formula is C11H15FN4O2. The van der Waals surface area contributed by atoms with E-state index in [1.54, 1.807) is 0 Å². The lowest BCUT2D eigenvalue weighted by atomic mass is 10.0. The maximum absolute atomic E-state index is 13.6. The van der Waals surface area contributed by atoms with Crippen molar-refractivity contribution in [1.82, 2.24) is 0 Å². The van der Waals surface area contributed by atoms with E-state index in [-0.39, 0.29) is 16.9 Å². The smallest absolute Gasteiger partial charge is 0.250 e. The van der Waals surface area contributed by atoms with Gasteiger partial charge >= 0.3 is 0 Å². The van der Waals surface area contributed by atoms with Gasteiger partial charge in [-0.3, -0.25) is 9.59 Å². The van der Waals surface area contributed by atoms with Crippen LogP contribution in [0.4, 0.5) is 15.8 Å². The lowest BCUT2D eigenvalue weighted by molar-refractivity contribution is -0.121. The van der Waals surface area contributed by atoms with Crippen LogP contribution in [-0.4, -0.2) is 17.4 Å². The first-order valence-electron chi connectivity index (χ1n) is 5.12. The van der Waals surface area contributed by atoms with Crippen molar-refractivity contribution >= 4 is 23.2 Å². The second-order valence-corrected chi connectivity index (χ2v) is 4.40. The van der Waals surface area contributed by atoms with Gasteiger partial charge in [0.05, 0.1) is 11.3 Å². The highest BCUT2D eigenvalue weighted by molar-refractivity contribution is 5.99. The Morgan fingerprint density at radius 1 is 1.28 bits per heavy atom. The molecule has 6 nitrogen and oxygen atoms in total. The second-order valence-electron chi connectivity index (χ2n) is 4.40. The van der Waals surface area contributed by atoms with E-state index < -0.39 is 23.2 Å². The highest BCUT2D eigenvalue weighted by Gasteiger charge is 2.26. The number of amides is 2. The molecule has 7 N–H and O–H groups in total. The molecule has 2 amide bonds. The fourth-order valence-corrected chi connectivity index (χ4v) is 1.30. The van der Waals surface area contributed by atoms with E-state index in [0.29, 0.717) is 0 Å². The standard InChI is InChI=1S/C11H15FN4O2/c1-11(2,10(15)18)16-8-3-5(9(14)17)7(13)4-6(8)12/h3-4,16H,13H2,1-2H3,(H2,14,17)(H2,15,18). The topological polar surface area (TPSA) is 124 Å². The molecule has 0 aliphatic carbocycles. The van der Waals surface area contributed by atoms with Gasteiger partial charge in [0.2, 0.25) is 5.91 Å². The Balaban J connectivity index is 3.22. The van der Waals surface area contributed by atoms with Gasteiger partial charge < -0.3 is 22.5 Å². The lowest BCUT2D eigenvalue weighted by Gasteiger charge is -2.24. The summed E-state index contributed by atoms with van der Waals surface area (Å²) in [6, 6.07) is 2.11. The third-order valence-corrected chi connectivity index (χ3v) is 2.47. The number of anilines is 2. The molecule has 98 valence electrons. The number of nitrogens with one attached hydrogen (secondary N) is 1. The van der Waals surface area contributed by atoms with Gasteiger partial charge in [0.1, 0.15) is 11.4 Å². The molecule has 0 aliphatic heterocycles. The lowest BCUT2D eigenvalue weighted by Crippen LogP contribution is -2.45. The van der Waals surface area contributed by atoms with Gasteiger partial charge in [0.25, 0.3) is 5.91 Å². The van der Waals surface area contributed by atoms with Gasteiger partial charge in [-0.1, -0.05) is 0 Å². The molecule has 18 heavy (non-hydrogen) atoms. The molecule has 0 radical (unpaired) electrons. The number of carbonyl (C=O) groups excluding carboxylic acids is 2. The van der Waals surface area contributed by atoms with E-state index >= 15 is 0 Å². The van der Waals surface area contributed by atoms with Crippen LogP contribution in [-0.2, 0) is 4.79 Å². The quantitative estimate of drug-likeness (QED) is 0.572. The van der Waals surface area contributed by atoms with Crippen molar-refractivity contribution in [3.63, 3.8) is 0 Å². The predicted molar refractivity (Wildman–Crippen MR) is 66.2 cm³/mol. The molecule has 7 heteroatoms. The van der Waals surface area contributed by atoms with Crippen molar-refractivity contribution in [2.24, 2.45) is 11.5 Å². The van der Waals surface area contributed by atoms with Gasteiger partial charge in [-0.15, -0.1) is 0 Å². The molecule has 0 bridgehead atoms. The van der Waals surface area contributed by atoms with Crippen molar-refractivity contribution in [2.45, 2.75) is 19.4 Å². The molecule has 0 heterocycles. The molecule has 0 spiro atoms. The maximum atomic E-state index is 13.6. The van der Waals surface area contributed by atoms with Crippen molar-refractivity contribution in [3.8, 4) is 0 Å². The van der Waals surface area contributed by atoms with Crippen LogP contribution in [0.15, 0.2) is 12.1 Å². The number of nitrogens with two attached hydrogens (primary N) is 3. The normalized spacial score (nSPS) is 11.1. The Morgan fingerprint density at radius 3 is 2.28 bits per heavy atom. The average molecular weight is 254 g/mol. The van der Waals surface area contributed by atoms with Crippen LogP contribution in [0, 0.1) is 5.82 Å². The number of hydrogen-bond acceptors (Lipinski definition) is 4. The van der Waals surface area contributed by atoms with E-state index in [9.17, 15) is 14.0 Å². The van der Waals surface area contributed by atoms with Gasteiger partial charge in [-0.05, 0) is 26.0 Å². The summed E-state index contributed by atoms with van der Waals surface area (Å²) in [6.07, 6.45) is 0. The minimum Gasteiger partial charge on any atom is -0.398 e. The van der Waals surface area contributed by atoms with Crippen LogP contribution in [0.5, 0.6) is 0 Å². The molecule has 1 aromatic rings. The van der Waals surface area contributed by atoms with Crippen LogP contribution in [0.3, 0.4) is 0 Å². The number of hydrogen-bond donors (Lipinski definition) is 4. The largest absolute Gasteiger partial charge is 0.398 e. The fourth-order valence-electron chi connectivity index (χ4n) is 1.30. The summed E-state index contributed by atoms with van der Waals surface area (Å²) >= 11 is 0. The zero-order valence-electron chi connectivity index (χ0n) is 10.1. The van der Waals surface area contributed by atoms with Crippen molar-refractivity contribution in [1.29, 1.82) is 0 Å². The maximum Gasteiger partial charge on any atom is 0.250 e. The average Bonchev–Trinajstić information content (AvgIpc) is 2.21. The number of primary amides is 2. The van der Waals surface area contributed by atoms with E-state index in [1.165, 1.54) is 13.8 Å². The number of benzene rings is 1. The summed E-state index contributed by atoms with van der Waals surface area (Å²) in [5.74, 6) is -2.15. The molecule has 0 unspecified atom stereocenters. The highest BCUT2D eigenvalue weighted by atomic mass is 19.1. The second kappa shape index (κ2) is 4.52. The minimum absolute atomic E-state index is 0.0285. The van der Waals surface area contributed by atoms with Gasteiger partial charge in [-0.25, -0.2) is 4.39 Å². The third kappa shape index (κ3) is 2.68. The van der Waals surface area contributed by atoms with E-state index in [2.05, 4.69) is 5.32 Å².